The molecule has 1 aromatic heterocycles. The first-order chi connectivity index (χ1) is 16.2. The zero-order valence-corrected chi connectivity index (χ0v) is 18.0. The molecule has 0 radical (unpaired) electrons. The summed E-state index contributed by atoms with van der Waals surface area (Å²) in [6.07, 6.45) is 5.72. The maximum absolute atomic E-state index is 12.4. The summed E-state index contributed by atoms with van der Waals surface area (Å²) in [5.41, 5.74) is 3.38. The van der Waals surface area contributed by atoms with Gasteiger partial charge in [0.25, 0.3) is 0 Å². The van der Waals surface area contributed by atoms with E-state index in [1.807, 2.05) is 133 Å². The molecule has 0 fully saturated rings. The molecule has 0 amide bonds. The van der Waals surface area contributed by atoms with Gasteiger partial charge in [0.2, 0.25) is 0 Å². The van der Waals surface area contributed by atoms with E-state index in [4.69, 9.17) is 0 Å². The Kier molecular flexibility index (Phi) is 5.66. The predicted octanol–water partition coefficient (Wildman–Crippen LogP) is 6.03. The Hall–Kier alpha value is -4.28. The Labute approximate surface area is 192 Å². The standard InChI is InChI=1S/C29H23N3O/c33-29(25-16-8-3-9-17-25,21-20-23-12-4-1-5-13-23)28(22-24-14-6-2-7-15-24)32-27-19-11-10-18-26(27)30-31-32/h1-22,33H. The Morgan fingerprint density at radius 3 is 1.97 bits per heavy atom. The third kappa shape index (κ3) is 4.25. The summed E-state index contributed by atoms with van der Waals surface area (Å²) in [5.74, 6) is 0. The van der Waals surface area contributed by atoms with Crippen LogP contribution in [0, 0.1) is 0 Å². The molecule has 0 saturated heterocycles. The summed E-state index contributed by atoms with van der Waals surface area (Å²) in [4.78, 5) is 0. The molecular weight excluding hydrogens is 406 g/mol. The monoisotopic (exact) mass is 429 g/mol. The minimum atomic E-state index is -1.47. The van der Waals surface area contributed by atoms with Crippen LogP contribution in [0.15, 0.2) is 121 Å². The summed E-state index contributed by atoms with van der Waals surface area (Å²) in [7, 11) is 0. The molecule has 0 aliphatic rings. The number of hydrogen-bond donors (Lipinski definition) is 1. The largest absolute Gasteiger partial charge is 0.375 e. The van der Waals surface area contributed by atoms with Crippen LogP contribution in [0.3, 0.4) is 0 Å². The Balaban J connectivity index is 1.76. The second-order valence-electron chi connectivity index (χ2n) is 7.81. The number of aromatic nitrogens is 3. The second kappa shape index (κ2) is 9.07. The third-order valence-electron chi connectivity index (χ3n) is 5.60. The molecule has 1 atom stereocenters. The molecule has 33 heavy (non-hydrogen) atoms. The fourth-order valence-electron chi connectivity index (χ4n) is 3.89. The summed E-state index contributed by atoms with van der Waals surface area (Å²) in [5, 5.41) is 21.1. The van der Waals surface area contributed by atoms with Crippen LogP contribution >= 0.6 is 0 Å². The fourth-order valence-corrected chi connectivity index (χ4v) is 3.89. The van der Waals surface area contributed by atoms with Gasteiger partial charge in [-0.15, -0.1) is 5.10 Å². The first-order valence-corrected chi connectivity index (χ1v) is 10.8. The van der Waals surface area contributed by atoms with E-state index in [2.05, 4.69) is 10.3 Å². The van der Waals surface area contributed by atoms with Crippen molar-refractivity contribution in [2.24, 2.45) is 0 Å². The Bertz CT molecular complexity index is 1410. The molecule has 1 N–H and O–H groups in total. The van der Waals surface area contributed by atoms with Crippen LogP contribution in [-0.4, -0.2) is 20.1 Å². The summed E-state index contributed by atoms with van der Waals surface area (Å²) < 4.78 is 1.73. The lowest BCUT2D eigenvalue weighted by Crippen LogP contribution is -2.28. The van der Waals surface area contributed by atoms with Crippen LogP contribution < -0.4 is 0 Å². The molecule has 0 saturated carbocycles. The van der Waals surface area contributed by atoms with Gasteiger partial charge in [0.1, 0.15) is 5.52 Å². The quantitative estimate of drug-likeness (QED) is 0.358. The van der Waals surface area contributed by atoms with Crippen LogP contribution in [0.2, 0.25) is 0 Å². The van der Waals surface area contributed by atoms with Crippen LogP contribution in [-0.2, 0) is 5.60 Å². The number of para-hydroxylation sites is 1. The minimum Gasteiger partial charge on any atom is -0.375 e. The first kappa shape index (κ1) is 20.6. The number of fused-ring (bicyclic) bond motifs is 1. The molecule has 5 rings (SSSR count). The average molecular weight is 430 g/mol. The van der Waals surface area contributed by atoms with Gasteiger partial charge in [0, 0.05) is 0 Å². The molecule has 5 aromatic rings. The first-order valence-electron chi connectivity index (χ1n) is 10.8. The van der Waals surface area contributed by atoms with Crippen molar-refractivity contribution in [3.63, 3.8) is 0 Å². The van der Waals surface area contributed by atoms with Crippen LogP contribution in [0.1, 0.15) is 16.7 Å². The smallest absolute Gasteiger partial charge is 0.150 e. The van der Waals surface area contributed by atoms with Gasteiger partial charge in [-0.1, -0.05) is 114 Å². The van der Waals surface area contributed by atoms with E-state index >= 15 is 0 Å². The third-order valence-corrected chi connectivity index (χ3v) is 5.60. The SMILES string of the molecule is OC(C=Cc1ccccc1)(C(=Cc1ccccc1)n1nnc2ccccc21)c1ccccc1. The van der Waals surface area contributed by atoms with Crippen LogP contribution in [0.5, 0.6) is 0 Å². The van der Waals surface area contributed by atoms with Crippen molar-refractivity contribution in [2.75, 3.05) is 0 Å². The van der Waals surface area contributed by atoms with Crippen molar-refractivity contribution < 1.29 is 5.11 Å². The molecule has 0 aliphatic heterocycles. The van der Waals surface area contributed by atoms with Crippen LogP contribution in [0.25, 0.3) is 28.9 Å². The zero-order valence-electron chi connectivity index (χ0n) is 18.0. The normalized spacial score (nSPS) is 13.9. The topological polar surface area (TPSA) is 50.9 Å². The molecule has 0 aliphatic carbocycles. The van der Waals surface area contributed by atoms with E-state index in [1.54, 1.807) is 4.68 Å². The molecule has 1 unspecified atom stereocenters. The van der Waals surface area contributed by atoms with Gasteiger partial charge in [-0.05, 0) is 41.0 Å². The van der Waals surface area contributed by atoms with E-state index < -0.39 is 5.60 Å². The number of benzene rings is 4. The molecule has 0 bridgehead atoms. The number of nitrogens with zero attached hydrogens (tertiary/aromatic N) is 3. The highest BCUT2D eigenvalue weighted by molar-refractivity contribution is 5.86. The van der Waals surface area contributed by atoms with Gasteiger partial charge < -0.3 is 5.11 Å². The van der Waals surface area contributed by atoms with Gasteiger partial charge in [0.05, 0.1) is 11.2 Å². The molecule has 4 heteroatoms. The van der Waals surface area contributed by atoms with Gasteiger partial charge in [0.15, 0.2) is 5.60 Å². The van der Waals surface area contributed by atoms with Crippen molar-refractivity contribution in [1.29, 1.82) is 0 Å². The van der Waals surface area contributed by atoms with Gasteiger partial charge in [-0.25, -0.2) is 4.68 Å². The predicted molar refractivity (Wildman–Crippen MR) is 134 cm³/mol. The Morgan fingerprint density at radius 1 is 0.697 bits per heavy atom. The molecule has 4 nitrogen and oxygen atoms in total. The minimum absolute atomic E-state index is 0.584. The van der Waals surface area contributed by atoms with E-state index in [-0.39, 0.29) is 0 Å². The van der Waals surface area contributed by atoms with Crippen LogP contribution in [0.4, 0.5) is 0 Å². The van der Waals surface area contributed by atoms with Gasteiger partial charge in [-0.2, -0.15) is 0 Å². The summed E-state index contributed by atoms with van der Waals surface area (Å²) >= 11 is 0. The van der Waals surface area contributed by atoms with Crippen molar-refractivity contribution in [3.05, 3.63) is 138 Å². The molecule has 1 heterocycles. The lowest BCUT2D eigenvalue weighted by molar-refractivity contribution is 0.148. The maximum atomic E-state index is 12.4. The van der Waals surface area contributed by atoms with E-state index in [0.717, 1.165) is 27.7 Å². The van der Waals surface area contributed by atoms with E-state index in [0.29, 0.717) is 5.70 Å². The second-order valence-corrected chi connectivity index (χ2v) is 7.81. The number of aliphatic hydroxyl groups is 1. The summed E-state index contributed by atoms with van der Waals surface area (Å²) in [6.45, 7) is 0. The highest BCUT2D eigenvalue weighted by atomic mass is 16.3. The van der Waals surface area contributed by atoms with E-state index in [1.165, 1.54) is 0 Å². The average Bonchev–Trinajstić information content (AvgIpc) is 3.31. The van der Waals surface area contributed by atoms with Gasteiger partial charge >= 0.3 is 0 Å². The van der Waals surface area contributed by atoms with E-state index in [9.17, 15) is 5.11 Å². The molecular formula is C29H23N3O. The fraction of sp³-hybridized carbons (Fsp3) is 0.0345. The van der Waals surface area contributed by atoms with Crippen molar-refractivity contribution in [1.82, 2.24) is 15.0 Å². The Morgan fingerprint density at radius 2 is 1.27 bits per heavy atom. The van der Waals surface area contributed by atoms with Crippen molar-refractivity contribution >= 4 is 28.9 Å². The molecule has 160 valence electrons. The van der Waals surface area contributed by atoms with Crippen molar-refractivity contribution in [3.8, 4) is 0 Å². The molecule has 0 spiro atoms. The maximum Gasteiger partial charge on any atom is 0.150 e. The highest BCUT2D eigenvalue weighted by Gasteiger charge is 2.34. The molecule has 4 aromatic carbocycles. The number of hydrogen-bond acceptors (Lipinski definition) is 3. The number of rotatable bonds is 6. The lowest BCUT2D eigenvalue weighted by Gasteiger charge is -2.29. The zero-order chi connectivity index (χ0) is 22.5. The summed E-state index contributed by atoms with van der Waals surface area (Å²) in [6, 6.07) is 37.3. The van der Waals surface area contributed by atoms with Crippen molar-refractivity contribution in [2.45, 2.75) is 5.60 Å². The highest BCUT2D eigenvalue weighted by Crippen LogP contribution is 2.37. The van der Waals surface area contributed by atoms with Gasteiger partial charge in [-0.3, -0.25) is 0 Å². The lowest BCUT2D eigenvalue weighted by atomic mass is 9.88.